The molecule has 27 heavy (non-hydrogen) atoms. The van der Waals surface area contributed by atoms with E-state index in [9.17, 15) is 14.4 Å². The van der Waals surface area contributed by atoms with Crippen molar-refractivity contribution in [3.05, 3.63) is 65.2 Å². The molecule has 0 radical (unpaired) electrons. The minimum Gasteiger partial charge on any atom is -0.458 e. The summed E-state index contributed by atoms with van der Waals surface area (Å²) in [5.41, 5.74) is 1.36. The number of ether oxygens (including phenoxy) is 1. The standard InChI is InChI=1S/C21H20N2O4/c1-14-7-3-4-8-15(14)13-27-20(26)21-12-11-18(24)23(21)17-10-6-5-9-16(17)19(25)22(21)2/h3-10H,11-13H2,1-2H3. The van der Waals surface area contributed by atoms with E-state index in [0.29, 0.717) is 11.3 Å². The Morgan fingerprint density at radius 1 is 1.11 bits per heavy atom. The fourth-order valence-electron chi connectivity index (χ4n) is 3.92. The topological polar surface area (TPSA) is 66.9 Å². The summed E-state index contributed by atoms with van der Waals surface area (Å²) in [4.78, 5) is 41.5. The van der Waals surface area contributed by atoms with Gasteiger partial charge in [-0.05, 0) is 30.2 Å². The quantitative estimate of drug-likeness (QED) is 0.786. The van der Waals surface area contributed by atoms with E-state index in [-0.39, 0.29) is 31.3 Å². The molecule has 2 aliphatic rings. The van der Waals surface area contributed by atoms with Gasteiger partial charge < -0.3 is 9.64 Å². The molecular weight excluding hydrogens is 344 g/mol. The van der Waals surface area contributed by atoms with Crippen LogP contribution in [0.2, 0.25) is 0 Å². The predicted molar refractivity (Wildman–Crippen MR) is 99.0 cm³/mol. The van der Waals surface area contributed by atoms with Gasteiger partial charge in [0.15, 0.2) is 0 Å². The van der Waals surface area contributed by atoms with Gasteiger partial charge in [-0.1, -0.05) is 36.4 Å². The van der Waals surface area contributed by atoms with Crippen LogP contribution in [0.15, 0.2) is 48.5 Å². The van der Waals surface area contributed by atoms with Crippen LogP contribution in [0.1, 0.15) is 34.3 Å². The Morgan fingerprint density at radius 3 is 2.59 bits per heavy atom. The fraction of sp³-hybridized carbons (Fsp3) is 0.286. The Hall–Kier alpha value is -3.15. The van der Waals surface area contributed by atoms with Gasteiger partial charge in [0, 0.05) is 19.9 Å². The Labute approximate surface area is 157 Å². The summed E-state index contributed by atoms with van der Waals surface area (Å²) in [5, 5.41) is 0. The maximum Gasteiger partial charge on any atom is 0.354 e. The Kier molecular flexibility index (Phi) is 3.98. The number of carbonyl (C=O) groups is 3. The second-order valence-electron chi connectivity index (χ2n) is 6.93. The van der Waals surface area contributed by atoms with Crippen LogP contribution < -0.4 is 4.90 Å². The largest absolute Gasteiger partial charge is 0.458 e. The van der Waals surface area contributed by atoms with Gasteiger partial charge in [-0.15, -0.1) is 0 Å². The molecule has 6 nitrogen and oxygen atoms in total. The number of hydrogen-bond acceptors (Lipinski definition) is 4. The normalized spacial score (nSPS) is 21.1. The Bertz CT molecular complexity index is 955. The van der Waals surface area contributed by atoms with Crippen LogP contribution in [0.25, 0.3) is 0 Å². The van der Waals surface area contributed by atoms with Crippen molar-refractivity contribution in [2.75, 3.05) is 11.9 Å². The molecule has 1 atom stereocenters. The fourth-order valence-corrected chi connectivity index (χ4v) is 3.92. The highest BCUT2D eigenvalue weighted by molar-refractivity contribution is 6.15. The maximum absolute atomic E-state index is 13.2. The second-order valence-corrected chi connectivity index (χ2v) is 6.93. The van der Waals surface area contributed by atoms with E-state index in [1.165, 1.54) is 9.80 Å². The summed E-state index contributed by atoms with van der Waals surface area (Å²) in [5.74, 6) is -1.05. The van der Waals surface area contributed by atoms with Crippen molar-refractivity contribution < 1.29 is 19.1 Å². The van der Waals surface area contributed by atoms with Crippen molar-refractivity contribution >= 4 is 23.5 Å². The molecule has 1 fully saturated rings. The summed E-state index contributed by atoms with van der Waals surface area (Å²) < 4.78 is 5.61. The van der Waals surface area contributed by atoms with E-state index in [0.717, 1.165) is 11.1 Å². The molecule has 2 aliphatic heterocycles. The summed E-state index contributed by atoms with van der Waals surface area (Å²) in [7, 11) is 1.55. The number of amides is 2. The molecule has 2 amide bonds. The summed E-state index contributed by atoms with van der Waals surface area (Å²) in [6.07, 6.45) is 0.403. The van der Waals surface area contributed by atoms with Crippen LogP contribution in [0.3, 0.4) is 0 Å². The number of benzene rings is 2. The van der Waals surface area contributed by atoms with Crippen molar-refractivity contribution in [3.63, 3.8) is 0 Å². The van der Waals surface area contributed by atoms with Gasteiger partial charge in [0.05, 0.1) is 11.3 Å². The van der Waals surface area contributed by atoms with Crippen LogP contribution in [0.4, 0.5) is 5.69 Å². The van der Waals surface area contributed by atoms with E-state index in [2.05, 4.69) is 0 Å². The van der Waals surface area contributed by atoms with Gasteiger partial charge in [0.1, 0.15) is 6.61 Å². The molecule has 0 aliphatic carbocycles. The number of para-hydroxylation sites is 1. The number of carbonyl (C=O) groups excluding carboxylic acids is 3. The number of hydrogen-bond donors (Lipinski definition) is 0. The van der Waals surface area contributed by atoms with Crippen molar-refractivity contribution in [1.29, 1.82) is 0 Å². The molecular formula is C21H20N2O4. The molecule has 2 heterocycles. The Balaban J connectivity index is 1.71. The lowest BCUT2D eigenvalue weighted by molar-refractivity contribution is -0.157. The number of nitrogens with zero attached hydrogens (tertiary/aromatic N) is 2. The van der Waals surface area contributed by atoms with Crippen LogP contribution in [-0.4, -0.2) is 35.4 Å². The molecule has 0 aromatic heterocycles. The maximum atomic E-state index is 13.2. The van der Waals surface area contributed by atoms with Gasteiger partial charge in [0.25, 0.3) is 5.91 Å². The minimum absolute atomic E-state index is 0.0962. The van der Waals surface area contributed by atoms with Crippen molar-refractivity contribution in [3.8, 4) is 0 Å². The molecule has 0 bridgehead atoms. The predicted octanol–water partition coefficient (Wildman–Crippen LogP) is 2.65. The van der Waals surface area contributed by atoms with Crippen molar-refractivity contribution in [1.82, 2.24) is 4.90 Å². The first kappa shape index (κ1) is 17.3. The van der Waals surface area contributed by atoms with Gasteiger partial charge in [0.2, 0.25) is 11.6 Å². The zero-order valence-electron chi connectivity index (χ0n) is 15.3. The summed E-state index contributed by atoms with van der Waals surface area (Å²) in [6, 6.07) is 14.5. The molecule has 1 unspecified atom stereocenters. The SMILES string of the molecule is Cc1ccccc1COC(=O)C12CCC(=O)N1c1ccccc1C(=O)N2C. The third-order valence-corrected chi connectivity index (χ3v) is 5.49. The monoisotopic (exact) mass is 364 g/mol. The zero-order chi connectivity index (χ0) is 19.2. The molecule has 6 heteroatoms. The highest BCUT2D eigenvalue weighted by Crippen LogP contribution is 2.44. The molecule has 0 spiro atoms. The van der Waals surface area contributed by atoms with Gasteiger partial charge in [-0.25, -0.2) is 4.79 Å². The first-order valence-electron chi connectivity index (χ1n) is 8.89. The van der Waals surface area contributed by atoms with Crippen LogP contribution >= 0.6 is 0 Å². The smallest absolute Gasteiger partial charge is 0.354 e. The highest BCUT2D eigenvalue weighted by Gasteiger charge is 2.60. The van der Waals surface area contributed by atoms with E-state index in [1.54, 1.807) is 31.3 Å². The molecule has 4 rings (SSSR count). The zero-order valence-corrected chi connectivity index (χ0v) is 15.3. The lowest BCUT2D eigenvalue weighted by Crippen LogP contribution is -2.67. The molecule has 1 saturated heterocycles. The van der Waals surface area contributed by atoms with E-state index in [1.807, 2.05) is 31.2 Å². The van der Waals surface area contributed by atoms with Gasteiger partial charge in [-0.3, -0.25) is 14.5 Å². The lowest BCUT2D eigenvalue weighted by atomic mass is 9.97. The third-order valence-electron chi connectivity index (χ3n) is 5.49. The number of likely N-dealkylation sites (N-methyl/N-ethyl adjacent to an activating group) is 1. The first-order chi connectivity index (χ1) is 13.0. The van der Waals surface area contributed by atoms with E-state index in [4.69, 9.17) is 4.74 Å². The Morgan fingerprint density at radius 2 is 1.81 bits per heavy atom. The summed E-state index contributed by atoms with van der Waals surface area (Å²) in [6.45, 7) is 2.04. The molecule has 0 saturated carbocycles. The summed E-state index contributed by atoms with van der Waals surface area (Å²) >= 11 is 0. The minimum atomic E-state index is -1.43. The number of anilines is 1. The molecule has 138 valence electrons. The number of aryl methyl sites for hydroxylation is 1. The van der Waals surface area contributed by atoms with E-state index >= 15 is 0 Å². The molecule has 0 N–H and O–H groups in total. The van der Waals surface area contributed by atoms with Gasteiger partial charge in [-0.2, -0.15) is 0 Å². The number of fused-ring (bicyclic) bond motifs is 3. The second kappa shape index (κ2) is 6.23. The van der Waals surface area contributed by atoms with E-state index < -0.39 is 11.6 Å². The average Bonchev–Trinajstić information content (AvgIpc) is 3.04. The van der Waals surface area contributed by atoms with Crippen LogP contribution in [-0.2, 0) is 20.9 Å². The number of esters is 1. The highest BCUT2D eigenvalue weighted by atomic mass is 16.5. The lowest BCUT2D eigenvalue weighted by Gasteiger charge is -2.46. The first-order valence-corrected chi connectivity index (χ1v) is 8.89. The molecule has 2 aromatic carbocycles. The third kappa shape index (κ3) is 2.44. The van der Waals surface area contributed by atoms with Crippen molar-refractivity contribution in [2.24, 2.45) is 0 Å². The molecule has 2 aromatic rings. The van der Waals surface area contributed by atoms with Crippen molar-refractivity contribution in [2.45, 2.75) is 32.0 Å². The van der Waals surface area contributed by atoms with Crippen LogP contribution in [0, 0.1) is 6.92 Å². The van der Waals surface area contributed by atoms with Crippen LogP contribution in [0.5, 0.6) is 0 Å². The number of rotatable bonds is 3. The average molecular weight is 364 g/mol. The van der Waals surface area contributed by atoms with Gasteiger partial charge >= 0.3 is 5.97 Å².